The van der Waals surface area contributed by atoms with Crippen LogP contribution in [0.3, 0.4) is 0 Å². The van der Waals surface area contributed by atoms with Crippen molar-refractivity contribution in [3.63, 3.8) is 0 Å². The van der Waals surface area contributed by atoms with Crippen molar-refractivity contribution in [2.75, 3.05) is 12.0 Å². The quantitative estimate of drug-likeness (QED) is 0.937. The van der Waals surface area contributed by atoms with Crippen LogP contribution in [0.5, 0.6) is 6.01 Å². The van der Waals surface area contributed by atoms with E-state index < -0.39 is 30.1 Å². The number of rotatable bonds is 3. The molecule has 116 valence electrons. The van der Waals surface area contributed by atoms with Gasteiger partial charge >= 0.3 is 18.3 Å². The lowest BCUT2D eigenvalue weighted by Gasteiger charge is -2.18. The largest absolute Gasteiger partial charge is 0.467 e. The molecule has 0 saturated heterocycles. The highest BCUT2D eigenvalue weighted by Gasteiger charge is 2.37. The third-order valence-corrected chi connectivity index (χ3v) is 2.44. The third-order valence-electron chi connectivity index (χ3n) is 2.44. The van der Waals surface area contributed by atoms with Crippen LogP contribution in [0, 0.1) is 0 Å². The Labute approximate surface area is 122 Å². The maximum atomic E-state index is 12.8. The van der Waals surface area contributed by atoms with Gasteiger partial charge in [0.25, 0.3) is 0 Å². The van der Waals surface area contributed by atoms with Gasteiger partial charge in [-0.25, -0.2) is 9.69 Å². The highest BCUT2D eigenvalue weighted by atomic mass is 19.4. The number of methoxy groups -OCH3 is 1. The standard InChI is InChI=1S/C12H9F3N4O3/c1-22-10-17-8(12(13,14)15)16-9(18-10)19(11(20)21)7-5-3-2-4-6-7/h2-6H,1H3,(H,20,21). The maximum Gasteiger partial charge on any atom is 0.451 e. The van der Waals surface area contributed by atoms with Gasteiger partial charge in [0, 0.05) is 0 Å². The maximum absolute atomic E-state index is 12.8. The number of hydrogen-bond donors (Lipinski definition) is 1. The second-order valence-electron chi connectivity index (χ2n) is 3.90. The van der Waals surface area contributed by atoms with Crippen molar-refractivity contribution < 1.29 is 27.8 Å². The number of nitrogens with zero attached hydrogens (tertiary/aromatic N) is 4. The van der Waals surface area contributed by atoms with Crippen LogP contribution in [0.25, 0.3) is 0 Å². The van der Waals surface area contributed by atoms with Gasteiger partial charge < -0.3 is 9.84 Å². The number of ether oxygens (including phenoxy) is 1. The Bertz CT molecular complexity index is 679. The number of anilines is 2. The zero-order valence-electron chi connectivity index (χ0n) is 11.1. The van der Waals surface area contributed by atoms with Crippen LogP contribution in [0.2, 0.25) is 0 Å². The average Bonchev–Trinajstić information content (AvgIpc) is 2.47. The lowest BCUT2D eigenvalue weighted by Crippen LogP contribution is -2.27. The summed E-state index contributed by atoms with van der Waals surface area (Å²) in [5.41, 5.74) is 0.0800. The van der Waals surface area contributed by atoms with Gasteiger partial charge in [0.2, 0.25) is 11.8 Å². The lowest BCUT2D eigenvalue weighted by atomic mass is 10.3. The number of carbonyl (C=O) groups is 1. The summed E-state index contributed by atoms with van der Waals surface area (Å²) >= 11 is 0. The van der Waals surface area contributed by atoms with Gasteiger partial charge in [0.1, 0.15) is 0 Å². The second-order valence-corrected chi connectivity index (χ2v) is 3.90. The first-order valence-electron chi connectivity index (χ1n) is 5.78. The Hall–Kier alpha value is -2.91. The van der Waals surface area contributed by atoms with Crippen LogP contribution in [0.15, 0.2) is 30.3 Å². The number of halogens is 3. The molecule has 0 spiro atoms. The number of para-hydroxylation sites is 1. The minimum Gasteiger partial charge on any atom is -0.467 e. The smallest absolute Gasteiger partial charge is 0.451 e. The molecule has 1 amide bonds. The zero-order chi connectivity index (χ0) is 16.3. The Kier molecular flexibility index (Phi) is 4.11. The van der Waals surface area contributed by atoms with Crippen LogP contribution in [-0.4, -0.2) is 33.3 Å². The minimum absolute atomic E-state index is 0.0800. The van der Waals surface area contributed by atoms with Crippen molar-refractivity contribution in [2.45, 2.75) is 6.18 Å². The van der Waals surface area contributed by atoms with Gasteiger partial charge in [-0.2, -0.15) is 28.1 Å². The number of carboxylic acid groups (broad SMARTS) is 1. The van der Waals surface area contributed by atoms with Crippen molar-refractivity contribution in [3.05, 3.63) is 36.2 Å². The molecule has 1 aromatic carbocycles. The van der Waals surface area contributed by atoms with Gasteiger partial charge in [-0.3, -0.25) is 0 Å². The summed E-state index contributed by atoms with van der Waals surface area (Å²) in [6.45, 7) is 0. The van der Waals surface area contributed by atoms with E-state index in [1.807, 2.05) is 0 Å². The lowest BCUT2D eigenvalue weighted by molar-refractivity contribution is -0.145. The number of benzene rings is 1. The first-order chi connectivity index (χ1) is 10.3. The molecule has 0 atom stereocenters. The molecule has 0 unspecified atom stereocenters. The summed E-state index contributed by atoms with van der Waals surface area (Å²) in [6, 6.07) is 6.80. The van der Waals surface area contributed by atoms with E-state index in [1.54, 1.807) is 6.07 Å². The van der Waals surface area contributed by atoms with E-state index in [0.29, 0.717) is 4.90 Å². The predicted octanol–water partition coefficient (Wildman–Crippen LogP) is 2.72. The van der Waals surface area contributed by atoms with Crippen LogP contribution in [0.1, 0.15) is 5.82 Å². The third kappa shape index (κ3) is 3.22. The van der Waals surface area contributed by atoms with E-state index >= 15 is 0 Å². The van der Waals surface area contributed by atoms with Gasteiger partial charge in [-0.15, -0.1) is 0 Å². The fourth-order valence-corrected chi connectivity index (χ4v) is 1.55. The van der Waals surface area contributed by atoms with Crippen molar-refractivity contribution in [1.82, 2.24) is 15.0 Å². The average molecular weight is 314 g/mol. The molecule has 2 aromatic rings. The number of aromatic nitrogens is 3. The molecule has 0 radical (unpaired) electrons. The van der Waals surface area contributed by atoms with Gasteiger partial charge in [-0.1, -0.05) is 18.2 Å². The van der Waals surface area contributed by atoms with E-state index in [2.05, 4.69) is 19.7 Å². The zero-order valence-corrected chi connectivity index (χ0v) is 11.1. The fraction of sp³-hybridized carbons (Fsp3) is 0.167. The summed E-state index contributed by atoms with van der Waals surface area (Å²) in [5.74, 6) is -2.26. The molecule has 7 nitrogen and oxygen atoms in total. The molecule has 1 aromatic heterocycles. The van der Waals surface area contributed by atoms with Gasteiger partial charge in [0.05, 0.1) is 12.8 Å². The molecule has 22 heavy (non-hydrogen) atoms. The van der Waals surface area contributed by atoms with Crippen LogP contribution < -0.4 is 9.64 Å². The topological polar surface area (TPSA) is 88.4 Å². The molecule has 2 rings (SSSR count). The summed E-state index contributed by atoms with van der Waals surface area (Å²) < 4.78 is 42.9. The predicted molar refractivity (Wildman–Crippen MR) is 68.0 cm³/mol. The van der Waals surface area contributed by atoms with Crippen LogP contribution >= 0.6 is 0 Å². The Morgan fingerprint density at radius 3 is 2.32 bits per heavy atom. The van der Waals surface area contributed by atoms with E-state index in [0.717, 1.165) is 7.11 Å². The molecule has 0 bridgehead atoms. The molecule has 0 fully saturated rings. The molecule has 10 heteroatoms. The van der Waals surface area contributed by atoms with Gasteiger partial charge in [0.15, 0.2) is 0 Å². The Morgan fingerprint density at radius 2 is 1.82 bits per heavy atom. The van der Waals surface area contributed by atoms with Crippen molar-refractivity contribution in [2.24, 2.45) is 0 Å². The monoisotopic (exact) mass is 314 g/mol. The molecule has 0 aliphatic rings. The number of amides is 1. The first kappa shape index (κ1) is 15.5. The molecule has 1 heterocycles. The summed E-state index contributed by atoms with van der Waals surface area (Å²) in [4.78, 5) is 21.7. The SMILES string of the molecule is COc1nc(N(C(=O)O)c2ccccc2)nc(C(F)(F)F)n1. The Morgan fingerprint density at radius 1 is 1.18 bits per heavy atom. The summed E-state index contributed by atoms with van der Waals surface area (Å²) in [5, 5.41) is 9.24. The number of hydrogen-bond acceptors (Lipinski definition) is 5. The van der Waals surface area contributed by atoms with E-state index in [-0.39, 0.29) is 5.69 Å². The normalized spacial score (nSPS) is 11.1. The molecule has 1 N–H and O–H groups in total. The fourth-order valence-electron chi connectivity index (χ4n) is 1.55. The van der Waals surface area contributed by atoms with E-state index in [4.69, 9.17) is 0 Å². The molecule has 0 saturated carbocycles. The van der Waals surface area contributed by atoms with E-state index in [1.165, 1.54) is 24.3 Å². The highest BCUT2D eigenvalue weighted by Crippen LogP contribution is 2.30. The van der Waals surface area contributed by atoms with Crippen LogP contribution in [0.4, 0.5) is 29.6 Å². The van der Waals surface area contributed by atoms with Crippen molar-refractivity contribution in [3.8, 4) is 6.01 Å². The van der Waals surface area contributed by atoms with Gasteiger partial charge in [-0.05, 0) is 12.1 Å². The first-order valence-corrected chi connectivity index (χ1v) is 5.78. The molecule has 0 aliphatic carbocycles. The minimum atomic E-state index is -4.87. The van der Waals surface area contributed by atoms with Crippen molar-refractivity contribution in [1.29, 1.82) is 0 Å². The molecule has 0 aliphatic heterocycles. The van der Waals surface area contributed by atoms with Crippen molar-refractivity contribution >= 4 is 17.7 Å². The Balaban J connectivity index is 2.59. The number of alkyl halides is 3. The molecular formula is C12H9F3N4O3. The molecular weight excluding hydrogens is 305 g/mol. The second kappa shape index (κ2) is 5.84. The van der Waals surface area contributed by atoms with Crippen LogP contribution in [-0.2, 0) is 6.18 Å². The summed E-state index contributed by atoms with van der Waals surface area (Å²) in [6.07, 6.45) is -6.42. The highest BCUT2D eigenvalue weighted by molar-refractivity contribution is 5.92. The van der Waals surface area contributed by atoms with E-state index in [9.17, 15) is 23.1 Å². The summed E-state index contributed by atoms with van der Waals surface area (Å²) in [7, 11) is 1.06.